The van der Waals surface area contributed by atoms with Gasteiger partial charge in [0.25, 0.3) is 0 Å². The molecule has 1 nitrogen and oxygen atoms in total. The van der Waals surface area contributed by atoms with Crippen molar-refractivity contribution >= 4 is 0 Å². The third-order valence-electron chi connectivity index (χ3n) is 3.54. The lowest BCUT2D eigenvalue weighted by Crippen LogP contribution is -2.25. The second-order valence-corrected chi connectivity index (χ2v) is 4.95. The first-order valence-corrected chi connectivity index (χ1v) is 6.68. The molecule has 0 saturated carbocycles. The fourth-order valence-electron chi connectivity index (χ4n) is 2.57. The van der Waals surface area contributed by atoms with E-state index in [0.29, 0.717) is 5.92 Å². The highest BCUT2D eigenvalue weighted by molar-refractivity contribution is 5.22. The van der Waals surface area contributed by atoms with Gasteiger partial charge in [-0.3, -0.25) is 0 Å². The molecule has 2 unspecified atom stereocenters. The molecule has 0 heterocycles. The minimum Gasteiger partial charge on any atom is -0.313 e. The van der Waals surface area contributed by atoms with Gasteiger partial charge in [-0.25, -0.2) is 4.39 Å². The summed E-state index contributed by atoms with van der Waals surface area (Å²) in [4.78, 5) is 0. The summed E-state index contributed by atoms with van der Waals surface area (Å²) in [7, 11) is 1.95. The van der Waals surface area contributed by atoms with Gasteiger partial charge in [-0.05, 0) is 36.6 Å². The zero-order chi connectivity index (χ0) is 13.7. The third-order valence-corrected chi connectivity index (χ3v) is 3.54. The molecule has 2 aromatic rings. The summed E-state index contributed by atoms with van der Waals surface area (Å²) in [5, 5.41) is 3.34. The van der Waals surface area contributed by atoms with Gasteiger partial charge in [-0.2, -0.15) is 0 Å². The summed E-state index contributed by atoms with van der Waals surface area (Å²) in [6, 6.07) is 17.6. The average Bonchev–Trinajstić information content (AvgIpc) is 2.43. The Balaban J connectivity index is 2.14. The fourth-order valence-corrected chi connectivity index (χ4v) is 2.57. The zero-order valence-corrected chi connectivity index (χ0v) is 11.4. The molecular weight excluding hydrogens is 237 g/mol. The van der Waals surface area contributed by atoms with Gasteiger partial charge in [-0.15, -0.1) is 0 Å². The van der Waals surface area contributed by atoms with Crippen LogP contribution in [0.25, 0.3) is 0 Å². The normalized spacial score (nSPS) is 14.1. The van der Waals surface area contributed by atoms with Crippen molar-refractivity contribution in [3.63, 3.8) is 0 Å². The summed E-state index contributed by atoms with van der Waals surface area (Å²) in [5.41, 5.74) is 2.03. The van der Waals surface area contributed by atoms with Crippen LogP contribution in [0, 0.1) is 11.7 Å². The van der Waals surface area contributed by atoms with Crippen molar-refractivity contribution in [2.75, 3.05) is 7.05 Å². The molecule has 0 aliphatic heterocycles. The quantitative estimate of drug-likeness (QED) is 0.854. The third kappa shape index (κ3) is 3.42. The van der Waals surface area contributed by atoms with Crippen LogP contribution >= 0.6 is 0 Å². The maximum Gasteiger partial charge on any atom is 0.126 e. The van der Waals surface area contributed by atoms with Crippen molar-refractivity contribution in [3.05, 3.63) is 71.5 Å². The molecule has 0 aliphatic carbocycles. The Morgan fingerprint density at radius 1 is 1.00 bits per heavy atom. The molecule has 0 fully saturated rings. The molecule has 2 atom stereocenters. The topological polar surface area (TPSA) is 12.0 Å². The van der Waals surface area contributed by atoms with Crippen LogP contribution in [0.15, 0.2) is 54.6 Å². The summed E-state index contributed by atoms with van der Waals surface area (Å²) in [6.07, 6.45) is 0.729. The highest BCUT2D eigenvalue weighted by atomic mass is 19.1. The summed E-state index contributed by atoms with van der Waals surface area (Å²) in [6.45, 7) is 2.15. The molecule has 2 rings (SSSR count). The van der Waals surface area contributed by atoms with E-state index in [1.165, 1.54) is 11.6 Å². The van der Waals surface area contributed by atoms with E-state index in [2.05, 4.69) is 24.4 Å². The van der Waals surface area contributed by atoms with Gasteiger partial charge in [-0.1, -0.05) is 55.5 Å². The van der Waals surface area contributed by atoms with Gasteiger partial charge in [0.1, 0.15) is 5.82 Å². The van der Waals surface area contributed by atoms with Crippen LogP contribution in [-0.2, 0) is 6.42 Å². The Kier molecular flexibility index (Phi) is 4.69. The molecule has 0 amide bonds. The molecule has 2 aromatic carbocycles. The Hall–Kier alpha value is -1.67. The molecule has 19 heavy (non-hydrogen) atoms. The van der Waals surface area contributed by atoms with Crippen LogP contribution in [0.3, 0.4) is 0 Å². The lowest BCUT2D eigenvalue weighted by atomic mass is 9.89. The molecule has 100 valence electrons. The minimum absolute atomic E-state index is 0.114. The number of hydrogen-bond acceptors (Lipinski definition) is 1. The van der Waals surface area contributed by atoms with Gasteiger partial charge in [0, 0.05) is 6.04 Å². The molecule has 2 heteroatoms. The van der Waals surface area contributed by atoms with Crippen LogP contribution in [-0.4, -0.2) is 7.05 Å². The van der Waals surface area contributed by atoms with E-state index in [1.54, 1.807) is 6.07 Å². The summed E-state index contributed by atoms with van der Waals surface area (Å²) < 4.78 is 13.7. The highest BCUT2D eigenvalue weighted by Crippen LogP contribution is 2.25. The number of benzene rings is 2. The smallest absolute Gasteiger partial charge is 0.126 e. The van der Waals surface area contributed by atoms with Gasteiger partial charge in [0.2, 0.25) is 0 Å². The molecule has 1 N–H and O–H groups in total. The molecule has 0 radical (unpaired) electrons. The Bertz CT molecular complexity index is 510. The van der Waals surface area contributed by atoms with Crippen LogP contribution in [0.4, 0.5) is 4.39 Å². The Morgan fingerprint density at radius 2 is 1.63 bits per heavy atom. The van der Waals surface area contributed by atoms with E-state index in [1.807, 2.05) is 37.4 Å². The van der Waals surface area contributed by atoms with Crippen LogP contribution in [0.5, 0.6) is 0 Å². The van der Waals surface area contributed by atoms with Crippen LogP contribution in [0.1, 0.15) is 24.1 Å². The maximum atomic E-state index is 13.7. The van der Waals surface area contributed by atoms with Gasteiger partial charge in [0.15, 0.2) is 0 Å². The van der Waals surface area contributed by atoms with Crippen molar-refractivity contribution in [1.82, 2.24) is 5.32 Å². The lowest BCUT2D eigenvalue weighted by Gasteiger charge is -2.24. The average molecular weight is 257 g/mol. The van der Waals surface area contributed by atoms with Crippen molar-refractivity contribution < 1.29 is 4.39 Å². The predicted molar refractivity (Wildman–Crippen MR) is 77.5 cm³/mol. The highest BCUT2D eigenvalue weighted by Gasteiger charge is 2.18. The zero-order valence-electron chi connectivity index (χ0n) is 11.4. The summed E-state index contributed by atoms with van der Waals surface area (Å²) in [5.74, 6) is 0.210. The summed E-state index contributed by atoms with van der Waals surface area (Å²) >= 11 is 0. The van der Waals surface area contributed by atoms with E-state index in [-0.39, 0.29) is 11.9 Å². The van der Waals surface area contributed by atoms with Crippen LogP contribution in [0.2, 0.25) is 0 Å². The lowest BCUT2D eigenvalue weighted by molar-refractivity contribution is 0.403. The Morgan fingerprint density at radius 3 is 2.26 bits per heavy atom. The van der Waals surface area contributed by atoms with E-state index in [9.17, 15) is 4.39 Å². The number of halogens is 1. The van der Waals surface area contributed by atoms with Crippen LogP contribution < -0.4 is 5.32 Å². The SMILES string of the molecule is CNC(c1ccccc1)C(C)Cc1ccccc1F. The number of hydrogen-bond donors (Lipinski definition) is 1. The fraction of sp³-hybridized carbons (Fsp3) is 0.294. The van der Waals surface area contributed by atoms with Gasteiger partial charge >= 0.3 is 0 Å². The predicted octanol–water partition coefficient (Wildman–Crippen LogP) is 3.97. The van der Waals surface area contributed by atoms with Crippen molar-refractivity contribution in [2.24, 2.45) is 5.92 Å². The Labute approximate surface area is 114 Å². The number of rotatable bonds is 5. The molecule has 0 aliphatic rings. The molecule has 0 spiro atoms. The molecule has 0 bridgehead atoms. The van der Waals surface area contributed by atoms with E-state index in [0.717, 1.165) is 12.0 Å². The molecule has 0 saturated heterocycles. The molecule has 0 aromatic heterocycles. The molecular formula is C17H20FN. The number of nitrogens with one attached hydrogen (secondary N) is 1. The largest absolute Gasteiger partial charge is 0.313 e. The maximum absolute atomic E-state index is 13.7. The van der Waals surface area contributed by atoms with Crippen molar-refractivity contribution in [1.29, 1.82) is 0 Å². The van der Waals surface area contributed by atoms with E-state index < -0.39 is 0 Å². The van der Waals surface area contributed by atoms with Gasteiger partial charge < -0.3 is 5.32 Å². The van der Waals surface area contributed by atoms with Crippen molar-refractivity contribution in [2.45, 2.75) is 19.4 Å². The second-order valence-electron chi connectivity index (χ2n) is 4.95. The first kappa shape index (κ1) is 13.8. The van der Waals surface area contributed by atoms with Gasteiger partial charge in [0.05, 0.1) is 0 Å². The van der Waals surface area contributed by atoms with Crippen molar-refractivity contribution in [3.8, 4) is 0 Å². The van der Waals surface area contributed by atoms with E-state index in [4.69, 9.17) is 0 Å². The minimum atomic E-state index is -0.114. The first-order valence-electron chi connectivity index (χ1n) is 6.68. The second kappa shape index (κ2) is 6.48. The van der Waals surface area contributed by atoms with E-state index >= 15 is 0 Å². The standard InChI is InChI=1S/C17H20FN/c1-13(12-15-10-6-7-11-16(15)18)17(19-2)14-8-4-3-5-9-14/h3-11,13,17,19H,12H2,1-2H3. The first-order chi connectivity index (χ1) is 9.22. The monoisotopic (exact) mass is 257 g/mol.